The predicted molar refractivity (Wildman–Crippen MR) is 71.4 cm³/mol. The number of benzene rings is 2. The molecule has 0 aromatic heterocycles. The average Bonchev–Trinajstić information content (AvgIpc) is 2.19. The molecule has 0 saturated carbocycles. The molecule has 1 heteroatoms. The molecule has 0 atom stereocenters. The Morgan fingerprint density at radius 1 is 1.07 bits per heavy atom. The molecule has 2 aromatic carbocycles. The van der Waals surface area contributed by atoms with E-state index >= 15 is 0 Å². The highest BCUT2D eigenvalue weighted by atomic mass is 127. The van der Waals surface area contributed by atoms with Gasteiger partial charge in [0.1, 0.15) is 0 Å². The standard InChI is InChI=1S/C13H11I/c1-2-5-10-6-3-7-11-8-4-9-12(14)13(10)11/h2-9H,1H3. The summed E-state index contributed by atoms with van der Waals surface area (Å²) in [7, 11) is 0. The molecule has 0 spiro atoms. The highest BCUT2D eigenvalue weighted by Gasteiger charge is 2.00. The van der Waals surface area contributed by atoms with Crippen LogP contribution in [0, 0.1) is 3.57 Å². The molecule has 0 radical (unpaired) electrons. The fourth-order valence-electron chi connectivity index (χ4n) is 1.64. The van der Waals surface area contributed by atoms with Gasteiger partial charge in [-0.15, -0.1) is 0 Å². The van der Waals surface area contributed by atoms with Gasteiger partial charge in [0, 0.05) is 8.96 Å². The van der Waals surface area contributed by atoms with Gasteiger partial charge >= 0.3 is 0 Å². The molecule has 0 nitrogen and oxygen atoms in total. The van der Waals surface area contributed by atoms with Crippen molar-refractivity contribution in [1.82, 2.24) is 0 Å². The van der Waals surface area contributed by atoms with Gasteiger partial charge in [0.05, 0.1) is 0 Å². The predicted octanol–water partition coefficient (Wildman–Crippen LogP) is 4.48. The Hall–Kier alpha value is -0.830. The molecule has 0 amide bonds. The minimum Gasteiger partial charge on any atom is -0.0870 e. The number of fused-ring (bicyclic) bond motifs is 1. The van der Waals surface area contributed by atoms with Crippen LogP contribution in [0.2, 0.25) is 0 Å². The smallest absolute Gasteiger partial charge is 0.0214 e. The Labute approximate surface area is 97.8 Å². The zero-order valence-electron chi connectivity index (χ0n) is 8.00. The van der Waals surface area contributed by atoms with Crippen molar-refractivity contribution in [3.05, 3.63) is 51.6 Å². The van der Waals surface area contributed by atoms with E-state index in [1.807, 2.05) is 0 Å². The highest BCUT2D eigenvalue weighted by Crippen LogP contribution is 2.25. The van der Waals surface area contributed by atoms with E-state index in [1.54, 1.807) is 0 Å². The Morgan fingerprint density at radius 3 is 2.50 bits per heavy atom. The van der Waals surface area contributed by atoms with E-state index in [-0.39, 0.29) is 0 Å². The third-order valence-electron chi connectivity index (χ3n) is 2.23. The molecule has 0 heterocycles. The first kappa shape index (κ1) is 9.71. The van der Waals surface area contributed by atoms with Crippen molar-refractivity contribution in [2.45, 2.75) is 6.92 Å². The molecule has 0 unspecified atom stereocenters. The van der Waals surface area contributed by atoms with Crippen LogP contribution in [-0.2, 0) is 0 Å². The van der Waals surface area contributed by atoms with Crippen molar-refractivity contribution < 1.29 is 0 Å². The molecule has 0 aliphatic rings. The Kier molecular flexibility index (Phi) is 2.87. The molecule has 14 heavy (non-hydrogen) atoms. The molecule has 2 rings (SSSR count). The number of rotatable bonds is 1. The maximum atomic E-state index is 2.39. The normalized spacial score (nSPS) is 11.3. The SMILES string of the molecule is CC=Cc1cccc2cccc(I)c12. The zero-order chi connectivity index (χ0) is 9.97. The molecule has 0 saturated heterocycles. The lowest BCUT2D eigenvalue weighted by Crippen LogP contribution is -1.81. The van der Waals surface area contributed by atoms with Gasteiger partial charge in [0.15, 0.2) is 0 Å². The van der Waals surface area contributed by atoms with Gasteiger partial charge in [0.2, 0.25) is 0 Å². The van der Waals surface area contributed by atoms with Crippen LogP contribution >= 0.6 is 22.6 Å². The first-order valence-electron chi connectivity index (χ1n) is 4.63. The van der Waals surface area contributed by atoms with E-state index in [0.717, 1.165) is 0 Å². The van der Waals surface area contributed by atoms with Crippen molar-refractivity contribution in [1.29, 1.82) is 0 Å². The summed E-state index contributed by atoms with van der Waals surface area (Å²) in [5.41, 5.74) is 1.30. The third-order valence-corrected chi connectivity index (χ3v) is 3.13. The summed E-state index contributed by atoms with van der Waals surface area (Å²) in [5, 5.41) is 2.67. The fraction of sp³-hybridized carbons (Fsp3) is 0.0769. The molecule has 0 N–H and O–H groups in total. The van der Waals surface area contributed by atoms with Crippen molar-refractivity contribution in [2.24, 2.45) is 0 Å². The molecule has 70 valence electrons. The maximum absolute atomic E-state index is 2.39. The summed E-state index contributed by atoms with van der Waals surface area (Å²) < 4.78 is 1.31. The van der Waals surface area contributed by atoms with Crippen molar-refractivity contribution in [2.75, 3.05) is 0 Å². The van der Waals surface area contributed by atoms with Gasteiger partial charge in [-0.05, 0) is 46.5 Å². The Balaban J connectivity index is 2.84. The average molecular weight is 294 g/mol. The van der Waals surface area contributed by atoms with Crippen LogP contribution in [0.25, 0.3) is 16.8 Å². The lowest BCUT2D eigenvalue weighted by molar-refractivity contribution is 1.66. The first-order valence-corrected chi connectivity index (χ1v) is 5.71. The van der Waals surface area contributed by atoms with Crippen molar-refractivity contribution >= 4 is 39.4 Å². The van der Waals surface area contributed by atoms with Crippen molar-refractivity contribution in [3.63, 3.8) is 0 Å². The first-order chi connectivity index (χ1) is 6.83. The molecule has 0 bridgehead atoms. The van der Waals surface area contributed by atoms with E-state index in [2.05, 4.69) is 78.1 Å². The lowest BCUT2D eigenvalue weighted by atomic mass is 10.0. The van der Waals surface area contributed by atoms with Gasteiger partial charge in [-0.3, -0.25) is 0 Å². The summed E-state index contributed by atoms with van der Waals surface area (Å²) in [5.74, 6) is 0. The Morgan fingerprint density at radius 2 is 1.79 bits per heavy atom. The van der Waals surface area contributed by atoms with Crippen LogP contribution in [0.4, 0.5) is 0 Å². The number of hydrogen-bond acceptors (Lipinski definition) is 0. The number of allylic oxidation sites excluding steroid dienone is 1. The fourth-order valence-corrected chi connectivity index (χ4v) is 2.47. The maximum Gasteiger partial charge on any atom is 0.0214 e. The monoisotopic (exact) mass is 294 g/mol. The Bertz CT molecular complexity index is 478. The highest BCUT2D eigenvalue weighted by molar-refractivity contribution is 14.1. The zero-order valence-corrected chi connectivity index (χ0v) is 10.2. The summed E-state index contributed by atoms with van der Waals surface area (Å²) in [6.07, 6.45) is 4.24. The minimum absolute atomic E-state index is 1.30. The molecule has 0 aliphatic carbocycles. The van der Waals surface area contributed by atoms with Crippen LogP contribution in [0.15, 0.2) is 42.5 Å². The molecular weight excluding hydrogens is 283 g/mol. The van der Waals surface area contributed by atoms with Crippen molar-refractivity contribution in [3.8, 4) is 0 Å². The van der Waals surface area contributed by atoms with Gasteiger partial charge in [0.25, 0.3) is 0 Å². The van der Waals surface area contributed by atoms with E-state index in [9.17, 15) is 0 Å². The van der Waals surface area contributed by atoms with Crippen LogP contribution in [0.3, 0.4) is 0 Å². The number of halogens is 1. The van der Waals surface area contributed by atoms with Gasteiger partial charge < -0.3 is 0 Å². The van der Waals surface area contributed by atoms with Crippen LogP contribution in [0.5, 0.6) is 0 Å². The van der Waals surface area contributed by atoms with E-state index in [4.69, 9.17) is 0 Å². The van der Waals surface area contributed by atoms with E-state index < -0.39 is 0 Å². The van der Waals surface area contributed by atoms with Gasteiger partial charge in [-0.2, -0.15) is 0 Å². The van der Waals surface area contributed by atoms with Gasteiger partial charge in [-0.25, -0.2) is 0 Å². The van der Waals surface area contributed by atoms with Crippen LogP contribution < -0.4 is 0 Å². The minimum atomic E-state index is 1.30. The van der Waals surface area contributed by atoms with E-state index in [1.165, 1.54) is 19.9 Å². The van der Waals surface area contributed by atoms with E-state index in [0.29, 0.717) is 0 Å². The summed E-state index contributed by atoms with van der Waals surface area (Å²) in [4.78, 5) is 0. The molecule has 0 fully saturated rings. The second-order valence-corrected chi connectivity index (χ2v) is 4.35. The summed E-state index contributed by atoms with van der Waals surface area (Å²) in [6.45, 7) is 2.05. The van der Waals surface area contributed by atoms with Crippen LogP contribution in [-0.4, -0.2) is 0 Å². The van der Waals surface area contributed by atoms with Gasteiger partial charge in [-0.1, -0.05) is 42.5 Å². The van der Waals surface area contributed by atoms with Crippen LogP contribution in [0.1, 0.15) is 12.5 Å². The molecular formula is C13H11I. The topological polar surface area (TPSA) is 0 Å². The summed E-state index contributed by atoms with van der Waals surface area (Å²) >= 11 is 2.39. The third kappa shape index (κ3) is 1.69. The second kappa shape index (κ2) is 4.13. The lowest BCUT2D eigenvalue weighted by Gasteiger charge is -2.04. The quantitative estimate of drug-likeness (QED) is 0.680. The molecule has 0 aliphatic heterocycles. The molecule has 2 aromatic rings. The summed E-state index contributed by atoms with van der Waals surface area (Å²) in [6, 6.07) is 12.8. The second-order valence-electron chi connectivity index (χ2n) is 3.19. The largest absolute Gasteiger partial charge is 0.0870 e. The number of hydrogen-bond donors (Lipinski definition) is 0.